The van der Waals surface area contributed by atoms with E-state index in [1.807, 2.05) is 0 Å². The van der Waals surface area contributed by atoms with Crippen molar-refractivity contribution in [3.05, 3.63) is 30.0 Å². The normalized spacial score (nSPS) is 11.1. The van der Waals surface area contributed by atoms with Gasteiger partial charge in [0.1, 0.15) is 5.56 Å². The minimum atomic E-state index is -4.03. The molecule has 0 amide bonds. The predicted molar refractivity (Wildman–Crippen MR) is 80.5 cm³/mol. The Hall–Kier alpha value is -2.75. The van der Waals surface area contributed by atoms with E-state index in [0.717, 1.165) is 10.9 Å². The van der Waals surface area contributed by atoms with Gasteiger partial charge in [-0.2, -0.15) is 5.10 Å². The van der Waals surface area contributed by atoms with Crippen LogP contribution < -0.4 is 14.2 Å². The van der Waals surface area contributed by atoms with Gasteiger partial charge in [0.25, 0.3) is 10.0 Å². The molecule has 2 N–H and O–H groups in total. The lowest BCUT2D eigenvalue weighted by Crippen LogP contribution is -2.17. The van der Waals surface area contributed by atoms with E-state index in [9.17, 15) is 13.2 Å². The number of ether oxygens (including phenoxy) is 2. The maximum Gasteiger partial charge on any atom is 0.341 e. The highest BCUT2D eigenvalue weighted by atomic mass is 32.2. The van der Waals surface area contributed by atoms with Gasteiger partial charge < -0.3 is 14.6 Å². The number of aromatic nitrogens is 2. The first-order valence-corrected chi connectivity index (χ1v) is 7.78. The summed E-state index contributed by atoms with van der Waals surface area (Å²) in [5.41, 5.74) is -0.253. The van der Waals surface area contributed by atoms with Crippen LogP contribution in [0, 0.1) is 0 Å². The van der Waals surface area contributed by atoms with Crippen molar-refractivity contribution in [1.29, 1.82) is 0 Å². The molecule has 10 heteroatoms. The molecule has 0 fully saturated rings. The minimum absolute atomic E-state index is 0.104. The zero-order chi connectivity index (χ0) is 17.2. The number of aryl methyl sites for hydroxylation is 1. The summed E-state index contributed by atoms with van der Waals surface area (Å²) in [5.74, 6) is -0.826. The van der Waals surface area contributed by atoms with Gasteiger partial charge in [0.15, 0.2) is 17.3 Å². The van der Waals surface area contributed by atoms with Crippen LogP contribution in [0.1, 0.15) is 10.4 Å². The molecule has 0 saturated heterocycles. The van der Waals surface area contributed by atoms with Crippen molar-refractivity contribution in [3.8, 4) is 11.5 Å². The number of anilines is 1. The summed E-state index contributed by atoms with van der Waals surface area (Å²) in [6.45, 7) is 0. The quantitative estimate of drug-likeness (QED) is 0.802. The Morgan fingerprint density at radius 1 is 1.26 bits per heavy atom. The number of benzene rings is 1. The number of aromatic carboxylic acids is 1. The van der Waals surface area contributed by atoms with E-state index in [2.05, 4.69) is 9.82 Å². The summed E-state index contributed by atoms with van der Waals surface area (Å²) in [4.78, 5) is 11.0. The molecule has 9 nitrogen and oxygen atoms in total. The Kier molecular flexibility index (Phi) is 4.45. The van der Waals surface area contributed by atoms with Crippen molar-refractivity contribution in [3.63, 3.8) is 0 Å². The van der Waals surface area contributed by atoms with Gasteiger partial charge in [-0.3, -0.25) is 9.40 Å². The van der Waals surface area contributed by atoms with Crippen molar-refractivity contribution in [2.75, 3.05) is 18.9 Å². The van der Waals surface area contributed by atoms with Crippen molar-refractivity contribution in [1.82, 2.24) is 9.78 Å². The fraction of sp³-hybridized carbons (Fsp3) is 0.231. The van der Waals surface area contributed by atoms with Crippen molar-refractivity contribution >= 4 is 21.8 Å². The van der Waals surface area contributed by atoms with Gasteiger partial charge in [-0.15, -0.1) is 0 Å². The van der Waals surface area contributed by atoms with E-state index in [4.69, 9.17) is 14.6 Å². The second-order valence-corrected chi connectivity index (χ2v) is 6.14. The van der Waals surface area contributed by atoms with Gasteiger partial charge in [-0.1, -0.05) is 0 Å². The Morgan fingerprint density at radius 2 is 1.91 bits per heavy atom. The molecule has 2 rings (SSSR count). The molecule has 0 radical (unpaired) electrons. The molecule has 0 saturated carbocycles. The molecule has 0 atom stereocenters. The fourth-order valence-electron chi connectivity index (χ4n) is 1.88. The largest absolute Gasteiger partial charge is 0.493 e. The van der Waals surface area contributed by atoms with Crippen LogP contribution in [0.15, 0.2) is 29.3 Å². The number of hydrogen-bond donors (Lipinski definition) is 2. The standard InChI is InChI=1S/C13H15N3O6S/c1-16-12(9(7-14-16)13(17)18)15-23(19,20)8-4-5-10(21-2)11(6-8)22-3/h4-7,15H,1-3H3,(H,17,18). The van der Waals surface area contributed by atoms with Crippen LogP contribution in [0.5, 0.6) is 11.5 Å². The SMILES string of the molecule is COc1ccc(S(=O)(=O)Nc2c(C(=O)O)cnn2C)cc1OC. The maximum atomic E-state index is 12.5. The van der Waals surface area contributed by atoms with Crippen molar-refractivity contribution in [2.24, 2.45) is 7.05 Å². The molecular weight excluding hydrogens is 326 g/mol. The molecule has 1 heterocycles. The predicted octanol–water partition coefficient (Wildman–Crippen LogP) is 0.936. The smallest absolute Gasteiger partial charge is 0.341 e. The first-order valence-electron chi connectivity index (χ1n) is 6.30. The number of carboxylic acids is 1. The third kappa shape index (κ3) is 3.21. The van der Waals surface area contributed by atoms with E-state index >= 15 is 0 Å². The molecule has 0 aliphatic carbocycles. The number of methoxy groups -OCH3 is 2. The third-order valence-corrected chi connectivity index (χ3v) is 4.40. The number of nitrogens with zero attached hydrogens (tertiary/aromatic N) is 2. The van der Waals surface area contributed by atoms with Gasteiger partial charge in [0, 0.05) is 13.1 Å². The minimum Gasteiger partial charge on any atom is -0.493 e. The van der Waals surface area contributed by atoms with Gasteiger partial charge in [-0.25, -0.2) is 13.2 Å². The Labute approximate surface area is 132 Å². The van der Waals surface area contributed by atoms with Gasteiger partial charge in [-0.05, 0) is 12.1 Å². The second kappa shape index (κ2) is 6.16. The van der Waals surface area contributed by atoms with Crippen LogP contribution in [0.3, 0.4) is 0 Å². The molecule has 0 aliphatic heterocycles. The molecule has 1 aromatic heterocycles. The first-order chi connectivity index (χ1) is 10.8. The molecule has 124 valence electrons. The average molecular weight is 341 g/mol. The van der Waals surface area contributed by atoms with Crippen molar-refractivity contribution < 1.29 is 27.8 Å². The number of sulfonamides is 1. The highest BCUT2D eigenvalue weighted by Crippen LogP contribution is 2.30. The molecule has 0 bridgehead atoms. The van der Waals surface area contributed by atoms with Crippen LogP contribution in [0.2, 0.25) is 0 Å². The zero-order valence-electron chi connectivity index (χ0n) is 12.6. The monoisotopic (exact) mass is 341 g/mol. The van der Waals surface area contributed by atoms with E-state index in [0.29, 0.717) is 5.75 Å². The lowest BCUT2D eigenvalue weighted by Gasteiger charge is -2.12. The maximum absolute atomic E-state index is 12.5. The Morgan fingerprint density at radius 3 is 2.48 bits per heavy atom. The number of nitrogens with one attached hydrogen (secondary N) is 1. The fourth-order valence-corrected chi connectivity index (χ4v) is 3.01. The molecule has 2 aromatic rings. The van der Waals surface area contributed by atoms with E-state index in [1.165, 1.54) is 39.5 Å². The molecule has 0 spiro atoms. The summed E-state index contributed by atoms with van der Waals surface area (Å²) in [7, 11) is 0.210. The summed E-state index contributed by atoms with van der Waals surface area (Å²) < 4.78 is 38.4. The van der Waals surface area contributed by atoms with E-state index in [-0.39, 0.29) is 22.0 Å². The van der Waals surface area contributed by atoms with Crippen LogP contribution >= 0.6 is 0 Å². The first kappa shape index (κ1) is 16.6. The molecule has 0 unspecified atom stereocenters. The Bertz CT molecular complexity index is 843. The summed E-state index contributed by atoms with van der Waals surface area (Å²) in [6, 6.07) is 4.03. The highest BCUT2D eigenvalue weighted by Gasteiger charge is 2.23. The topological polar surface area (TPSA) is 120 Å². The second-order valence-electron chi connectivity index (χ2n) is 4.46. The van der Waals surface area contributed by atoms with Crippen LogP contribution in [-0.4, -0.2) is 43.5 Å². The van der Waals surface area contributed by atoms with Crippen LogP contribution in [-0.2, 0) is 17.1 Å². The molecule has 23 heavy (non-hydrogen) atoms. The van der Waals surface area contributed by atoms with Crippen LogP contribution in [0.4, 0.5) is 5.82 Å². The third-order valence-electron chi connectivity index (χ3n) is 3.07. The highest BCUT2D eigenvalue weighted by molar-refractivity contribution is 7.92. The number of hydrogen-bond acceptors (Lipinski definition) is 6. The average Bonchev–Trinajstić information content (AvgIpc) is 2.87. The number of carbonyl (C=O) groups is 1. The lowest BCUT2D eigenvalue weighted by atomic mass is 10.3. The zero-order valence-corrected chi connectivity index (χ0v) is 13.4. The lowest BCUT2D eigenvalue weighted by molar-refractivity contribution is 0.0698. The molecule has 0 aliphatic rings. The van der Waals surface area contributed by atoms with E-state index < -0.39 is 16.0 Å². The van der Waals surface area contributed by atoms with Gasteiger partial charge >= 0.3 is 5.97 Å². The van der Waals surface area contributed by atoms with E-state index in [1.54, 1.807) is 0 Å². The summed E-state index contributed by atoms with van der Waals surface area (Å²) in [6.07, 6.45) is 1.06. The summed E-state index contributed by atoms with van der Waals surface area (Å²) >= 11 is 0. The molecule has 1 aromatic carbocycles. The Balaban J connectivity index is 2.44. The van der Waals surface area contributed by atoms with Crippen molar-refractivity contribution in [2.45, 2.75) is 4.90 Å². The molecular formula is C13H15N3O6S. The number of carboxylic acid groups (broad SMARTS) is 1. The van der Waals surface area contributed by atoms with Gasteiger partial charge in [0.05, 0.1) is 25.3 Å². The summed E-state index contributed by atoms with van der Waals surface area (Å²) in [5, 5.41) is 12.8. The van der Waals surface area contributed by atoms with Crippen LogP contribution in [0.25, 0.3) is 0 Å². The van der Waals surface area contributed by atoms with Gasteiger partial charge in [0.2, 0.25) is 0 Å². The number of rotatable bonds is 6.